The van der Waals surface area contributed by atoms with Gasteiger partial charge in [-0.15, -0.1) is 12.3 Å². The van der Waals surface area contributed by atoms with Crippen molar-refractivity contribution >= 4 is 5.78 Å². The molecule has 0 aromatic heterocycles. The van der Waals surface area contributed by atoms with Gasteiger partial charge < -0.3 is 5.11 Å². The number of alkyl halides is 3. The minimum Gasteiger partial charge on any atom is -0.380 e. The lowest BCUT2D eigenvalue weighted by Crippen LogP contribution is -2.49. The van der Waals surface area contributed by atoms with E-state index in [0.29, 0.717) is 0 Å². The largest absolute Gasteiger partial charge is 0.418 e. The molecule has 2 atom stereocenters. The summed E-state index contributed by atoms with van der Waals surface area (Å²) in [6.45, 7) is 6.77. The number of carbonyl (C=O) groups is 1. The highest BCUT2D eigenvalue weighted by Gasteiger charge is 2.55. The number of halogens is 4. The number of hydrogen-bond donors (Lipinski definition) is 1. The maximum atomic E-state index is 14.0. The van der Waals surface area contributed by atoms with E-state index >= 15 is 0 Å². The summed E-state index contributed by atoms with van der Waals surface area (Å²) in [5.41, 5.74) is -2.19. The van der Waals surface area contributed by atoms with E-state index in [1.54, 1.807) is 0 Å². The van der Waals surface area contributed by atoms with Gasteiger partial charge in [-0.1, -0.05) is 56.7 Å². The van der Waals surface area contributed by atoms with Crippen LogP contribution in [0.15, 0.2) is 42.5 Å². The Labute approximate surface area is 186 Å². The second-order valence-electron chi connectivity index (χ2n) is 9.10. The molecule has 0 aliphatic rings. The highest BCUT2D eigenvalue weighted by Crippen LogP contribution is 2.44. The molecule has 2 aromatic rings. The van der Waals surface area contributed by atoms with Gasteiger partial charge in [0.2, 0.25) is 0 Å². The molecule has 0 aliphatic carbocycles. The van der Waals surface area contributed by atoms with Crippen molar-refractivity contribution in [2.75, 3.05) is 0 Å². The van der Waals surface area contributed by atoms with Crippen molar-refractivity contribution in [2.45, 2.75) is 70.1 Å². The van der Waals surface area contributed by atoms with Gasteiger partial charge in [0.05, 0.1) is 0 Å². The molecule has 0 fully saturated rings. The quantitative estimate of drug-likeness (QED) is 0.285. The van der Waals surface area contributed by atoms with Crippen molar-refractivity contribution in [2.24, 2.45) is 0 Å². The topological polar surface area (TPSA) is 37.3 Å². The van der Waals surface area contributed by atoms with Crippen LogP contribution in [0.4, 0.5) is 17.6 Å². The lowest BCUT2D eigenvalue weighted by atomic mass is 9.71. The molecule has 0 amide bonds. The minimum absolute atomic E-state index is 0.0131. The monoisotopic (exact) mass is 448 g/mol. The van der Waals surface area contributed by atoms with Gasteiger partial charge in [-0.05, 0) is 47.9 Å². The van der Waals surface area contributed by atoms with Crippen molar-refractivity contribution in [3.63, 3.8) is 0 Å². The van der Waals surface area contributed by atoms with Crippen LogP contribution < -0.4 is 0 Å². The van der Waals surface area contributed by atoms with Crippen molar-refractivity contribution < 1.29 is 27.5 Å². The molecule has 172 valence electrons. The maximum Gasteiger partial charge on any atom is 0.418 e. The van der Waals surface area contributed by atoms with Gasteiger partial charge in [-0.25, -0.2) is 4.39 Å². The van der Waals surface area contributed by atoms with E-state index in [-0.39, 0.29) is 29.2 Å². The smallest absolute Gasteiger partial charge is 0.380 e. The standard InChI is InChI=1S/C26H28F4O2/c1-6-13-25(32,26(28,29)30)16-24(4,5)22-12-11-20(27)15-21(22)23(31)14-18(3)19-9-7-17(2)8-10-19/h1,7-12,15,18,32H,13-14,16H2,2-5H3/t18-,25?/m1/s1. The predicted molar refractivity (Wildman–Crippen MR) is 117 cm³/mol. The lowest BCUT2D eigenvalue weighted by molar-refractivity contribution is -0.264. The van der Waals surface area contributed by atoms with Gasteiger partial charge in [0.25, 0.3) is 0 Å². The number of hydrogen-bond acceptors (Lipinski definition) is 2. The molecule has 32 heavy (non-hydrogen) atoms. The van der Waals surface area contributed by atoms with Crippen LogP contribution in [0.3, 0.4) is 0 Å². The summed E-state index contributed by atoms with van der Waals surface area (Å²) in [7, 11) is 0. The molecule has 1 N–H and O–H groups in total. The van der Waals surface area contributed by atoms with E-state index < -0.39 is 35.9 Å². The van der Waals surface area contributed by atoms with E-state index in [1.165, 1.54) is 19.9 Å². The number of rotatable bonds is 8. The van der Waals surface area contributed by atoms with Crippen LogP contribution in [0.1, 0.15) is 73.0 Å². The zero-order chi connectivity index (χ0) is 24.3. The molecular weight excluding hydrogens is 420 g/mol. The molecule has 6 heteroatoms. The normalized spacial score (nSPS) is 15.0. The molecule has 0 spiro atoms. The van der Waals surface area contributed by atoms with Gasteiger partial charge in [0.15, 0.2) is 11.4 Å². The average molecular weight is 449 g/mol. The average Bonchev–Trinajstić information content (AvgIpc) is 2.67. The second kappa shape index (κ2) is 9.46. The number of Topliss-reactive ketones (excluding diaryl/α,β-unsaturated/α-hetero) is 1. The van der Waals surface area contributed by atoms with Crippen LogP contribution in [-0.4, -0.2) is 22.7 Å². The van der Waals surface area contributed by atoms with Crippen LogP contribution in [0.5, 0.6) is 0 Å². The first-order valence-corrected chi connectivity index (χ1v) is 10.3. The Morgan fingerprint density at radius 1 is 1.12 bits per heavy atom. The number of aliphatic hydroxyl groups is 1. The van der Waals surface area contributed by atoms with Crippen molar-refractivity contribution in [1.82, 2.24) is 0 Å². The summed E-state index contributed by atoms with van der Waals surface area (Å²) in [5.74, 6) is 0.673. The first kappa shape index (κ1) is 25.6. The number of terminal acetylenes is 1. The van der Waals surface area contributed by atoms with Crippen LogP contribution in [0, 0.1) is 25.1 Å². The highest BCUT2D eigenvalue weighted by atomic mass is 19.4. The van der Waals surface area contributed by atoms with Gasteiger partial charge in [-0.3, -0.25) is 4.79 Å². The molecule has 0 saturated carbocycles. The zero-order valence-corrected chi connectivity index (χ0v) is 18.7. The number of aryl methyl sites for hydroxylation is 1. The lowest BCUT2D eigenvalue weighted by Gasteiger charge is -2.37. The molecule has 1 unspecified atom stereocenters. The minimum atomic E-state index is -4.96. The Balaban J connectivity index is 2.40. The van der Waals surface area contributed by atoms with E-state index in [9.17, 15) is 27.5 Å². The summed E-state index contributed by atoms with van der Waals surface area (Å²) in [6.07, 6.45) is -1.52. The van der Waals surface area contributed by atoms with E-state index in [1.807, 2.05) is 44.0 Å². The maximum absolute atomic E-state index is 14.0. The van der Waals surface area contributed by atoms with Gasteiger partial charge in [0.1, 0.15) is 5.82 Å². The Kier molecular flexibility index (Phi) is 7.57. The molecule has 0 radical (unpaired) electrons. The van der Waals surface area contributed by atoms with Crippen LogP contribution >= 0.6 is 0 Å². The molecule has 2 nitrogen and oxygen atoms in total. The fraction of sp³-hybridized carbons (Fsp3) is 0.423. The third kappa shape index (κ3) is 5.77. The Hall–Kier alpha value is -2.65. The predicted octanol–water partition coefficient (Wildman–Crippen LogP) is 6.50. The summed E-state index contributed by atoms with van der Waals surface area (Å²) in [6, 6.07) is 11.1. The molecule has 0 saturated heterocycles. The SMILES string of the molecule is C#CCC(O)(CC(C)(C)c1ccc(F)cc1C(=O)C[C@@H](C)c1ccc(C)cc1)C(F)(F)F. The number of ketones is 1. The van der Waals surface area contributed by atoms with Crippen LogP contribution in [0.25, 0.3) is 0 Å². The molecule has 0 heterocycles. The van der Waals surface area contributed by atoms with E-state index in [0.717, 1.165) is 23.3 Å². The third-order valence-electron chi connectivity index (χ3n) is 5.81. The van der Waals surface area contributed by atoms with Gasteiger partial charge >= 0.3 is 6.18 Å². The van der Waals surface area contributed by atoms with Gasteiger partial charge in [-0.2, -0.15) is 13.2 Å². The van der Waals surface area contributed by atoms with E-state index in [2.05, 4.69) is 0 Å². The van der Waals surface area contributed by atoms with Gasteiger partial charge in [0, 0.05) is 18.4 Å². The molecule has 0 aliphatic heterocycles. The zero-order valence-electron chi connectivity index (χ0n) is 18.7. The molecular formula is C26H28F4O2. The number of carbonyl (C=O) groups excluding carboxylic acids is 1. The molecule has 2 rings (SSSR count). The summed E-state index contributed by atoms with van der Waals surface area (Å²) in [4.78, 5) is 13.1. The van der Waals surface area contributed by atoms with Crippen molar-refractivity contribution in [1.29, 1.82) is 0 Å². The molecule has 0 bridgehead atoms. The van der Waals surface area contributed by atoms with E-state index in [4.69, 9.17) is 6.42 Å². The summed E-state index contributed by atoms with van der Waals surface area (Å²) < 4.78 is 54.8. The van der Waals surface area contributed by atoms with Crippen LogP contribution in [-0.2, 0) is 5.41 Å². The first-order valence-electron chi connectivity index (χ1n) is 10.3. The Morgan fingerprint density at radius 2 is 1.72 bits per heavy atom. The Morgan fingerprint density at radius 3 is 2.25 bits per heavy atom. The molecule has 2 aromatic carbocycles. The van der Waals surface area contributed by atoms with Crippen LogP contribution in [0.2, 0.25) is 0 Å². The second-order valence-corrected chi connectivity index (χ2v) is 9.10. The Bertz CT molecular complexity index is 1000. The summed E-state index contributed by atoms with van der Waals surface area (Å²) >= 11 is 0. The fourth-order valence-corrected chi connectivity index (χ4v) is 4.00. The third-order valence-corrected chi connectivity index (χ3v) is 5.81. The number of benzene rings is 2. The first-order chi connectivity index (χ1) is 14.7. The van der Waals surface area contributed by atoms with Crippen molar-refractivity contribution in [3.8, 4) is 12.3 Å². The van der Waals surface area contributed by atoms with Crippen molar-refractivity contribution in [3.05, 3.63) is 70.5 Å². The highest BCUT2D eigenvalue weighted by molar-refractivity contribution is 5.98. The fourth-order valence-electron chi connectivity index (χ4n) is 4.00. The summed E-state index contributed by atoms with van der Waals surface area (Å²) in [5, 5.41) is 10.3.